The molecule has 66 valence electrons. The van der Waals surface area contributed by atoms with Crippen LogP contribution in [0.3, 0.4) is 0 Å². The predicted octanol–water partition coefficient (Wildman–Crippen LogP) is 1.06. The molecule has 1 unspecified atom stereocenters. The normalized spacial score (nSPS) is 24.0. The number of hydrogen-bond donors (Lipinski definition) is 2. The fourth-order valence-electron chi connectivity index (χ4n) is 1.28. The molecule has 0 saturated carbocycles. The highest BCUT2D eigenvalue weighted by Gasteiger charge is 2.17. The topological polar surface area (TPSA) is 63.3 Å². The molecule has 3 heteroatoms. The Morgan fingerprint density at radius 2 is 2.42 bits per heavy atom. The Bertz CT molecular complexity index is 253. The molecule has 0 aromatic heterocycles. The summed E-state index contributed by atoms with van der Waals surface area (Å²) >= 11 is 0. The molecule has 0 aliphatic heterocycles. The Kier molecular flexibility index (Phi) is 2.65. The van der Waals surface area contributed by atoms with Crippen LogP contribution in [0.4, 0.5) is 0 Å². The Morgan fingerprint density at radius 3 is 3.00 bits per heavy atom. The minimum absolute atomic E-state index is 0.321. The summed E-state index contributed by atoms with van der Waals surface area (Å²) in [5.74, 6) is -0.905. The molecule has 1 rings (SSSR count). The molecule has 0 fully saturated rings. The zero-order valence-electron chi connectivity index (χ0n) is 7.08. The van der Waals surface area contributed by atoms with Crippen LogP contribution in [0.1, 0.15) is 19.8 Å². The van der Waals surface area contributed by atoms with E-state index in [1.807, 2.05) is 13.0 Å². The van der Waals surface area contributed by atoms with Crippen molar-refractivity contribution < 1.29 is 9.90 Å². The maximum absolute atomic E-state index is 10.7. The Morgan fingerprint density at radius 1 is 1.75 bits per heavy atom. The van der Waals surface area contributed by atoms with Crippen LogP contribution in [0, 0.1) is 0 Å². The second-order valence-corrected chi connectivity index (χ2v) is 3.04. The van der Waals surface area contributed by atoms with Gasteiger partial charge in [-0.15, -0.1) is 0 Å². The lowest BCUT2D eigenvalue weighted by Crippen LogP contribution is -2.26. The highest BCUT2D eigenvalue weighted by atomic mass is 16.4. The molecule has 1 aliphatic carbocycles. The quantitative estimate of drug-likeness (QED) is 0.614. The maximum atomic E-state index is 10.7. The predicted molar refractivity (Wildman–Crippen MR) is 46.7 cm³/mol. The summed E-state index contributed by atoms with van der Waals surface area (Å²) in [7, 11) is 0. The fraction of sp³-hybridized carbons (Fsp3) is 0.444. The van der Waals surface area contributed by atoms with Gasteiger partial charge in [0.2, 0.25) is 0 Å². The van der Waals surface area contributed by atoms with Gasteiger partial charge in [0.25, 0.3) is 0 Å². The van der Waals surface area contributed by atoms with Crippen molar-refractivity contribution in [1.82, 2.24) is 0 Å². The van der Waals surface area contributed by atoms with Crippen molar-refractivity contribution in [3.05, 3.63) is 23.3 Å². The number of nitrogens with two attached hydrogens (primary N) is 1. The maximum Gasteiger partial charge on any atom is 0.333 e. The molecule has 0 heterocycles. The first-order valence-corrected chi connectivity index (χ1v) is 3.98. The summed E-state index contributed by atoms with van der Waals surface area (Å²) in [4.78, 5) is 10.7. The van der Waals surface area contributed by atoms with Crippen molar-refractivity contribution in [3.8, 4) is 0 Å². The smallest absolute Gasteiger partial charge is 0.333 e. The van der Waals surface area contributed by atoms with Crippen molar-refractivity contribution in [2.75, 3.05) is 0 Å². The average Bonchev–Trinajstić information content (AvgIpc) is 2.13. The van der Waals surface area contributed by atoms with Gasteiger partial charge in [0.15, 0.2) is 0 Å². The molecule has 12 heavy (non-hydrogen) atoms. The van der Waals surface area contributed by atoms with Gasteiger partial charge in [-0.25, -0.2) is 4.79 Å². The molecule has 0 aromatic carbocycles. The van der Waals surface area contributed by atoms with Crippen LogP contribution in [-0.2, 0) is 4.79 Å². The van der Waals surface area contributed by atoms with Crippen molar-refractivity contribution >= 4 is 5.97 Å². The van der Waals surface area contributed by atoms with Gasteiger partial charge in [0.05, 0.1) is 5.57 Å². The summed E-state index contributed by atoms with van der Waals surface area (Å²) in [5, 5.41) is 8.78. The van der Waals surface area contributed by atoms with Gasteiger partial charge >= 0.3 is 5.97 Å². The molecule has 0 aromatic rings. The highest BCUT2D eigenvalue weighted by molar-refractivity contribution is 5.88. The Labute approximate surface area is 71.6 Å². The molecule has 1 atom stereocenters. The summed E-state index contributed by atoms with van der Waals surface area (Å²) in [6.07, 6.45) is 5.24. The minimum Gasteiger partial charge on any atom is -0.478 e. The first-order valence-electron chi connectivity index (χ1n) is 3.98. The van der Waals surface area contributed by atoms with E-state index in [-0.39, 0.29) is 6.04 Å². The lowest BCUT2D eigenvalue weighted by atomic mass is 10.0. The monoisotopic (exact) mass is 167 g/mol. The van der Waals surface area contributed by atoms with Crippen LogP contribution in [0.25, 0.3) is 0 Å². The van der Waals surface area contributed by atoms with Gasteiger partial charge in [-0.2, -0.15) is 0 Å². The van der Waals surface area contributed by atoms with E-state index in [0.717, 1.165) is 18.4 Å². The van der Waals surface area contributed by atoms with E-state index < -0.39 is 5.97 Å². The third-order valence-corrected chi connectivity index (χ3v) is 1.97. The van der Waals surface area contributed by atoms with Gasteiger partial charge < -0.3 is 10.8 Å². The number of allylic oxidation sites excluding steroid dienone is 3. The third-order valence-electron chi connectivity index (χ3n) is 1.97. The SMILES string of the molecule is CC1=CCCC(N)C(C(=O)O)=C1. The first kappa shape index (κ1) is 9.00. The van der Waals surface area contributed by atoms with E-state index in [0.29, 0.717) is 5.57 Å². The number of carbonyl (C=O) groups is 1. The number of hydrogen-bond acceptors (Lipinski definition) is 2. The molecule has 3 nitrogen and oxygen atoms in total. The lowest BCUT2D eigenvalue weighted by Gasteiger charge is -2.08. The molecular weight excluding hydrogens is 154 g/mol. The minimum atomic E-state index is -0.905. The standard InChI is InChI=1S/C9H13NO2/c1-6-3-2-4-8(10)7(5-6)9(11)12/h3,5,8H,2,4,10H2,1H3,(H,11,12). The summed E-state index contributed by atoms with van der Waals surface area (Å²) in [5.41, 5.74) is 6.97. The van der Waals surface area contributed by atoms with Crippen LogP contribution in [0.2, 0.25) is 0 Å². The molecular formula is C9H13NO2. The molecule has 0 spiro atoms. The van der Waals surface area contributed by atoms with Crippen LogP contribution >= 0.6 is 0 Å². The van der Waals surface area contributed by atoms with Crippen LogP contribution < -0.4 is 5.73 Å². The Hall–Kier alpha value is -1.09. The van der Waals surface area contributed by atoms with E-state index in [2.05, 4.69) is 0 Å². The van der Waals surface area contributed by atoms with Gasteiger partial charge in [-0.1, -0.05) is 11.6 Å². The average molecular weight is 167 g/mol. The summed E-state index contributed by atoms with van der Waals surface area (Å²) in [6.45, 7) is 1.89. The fourth-order valence-corrected chi connectivity index (χ4v) is 1.28. The Balaban J connectivity index is 2.92. The second kappa shape index (κ2) is 3.54. The van der Waals surface area contributed by atoms with Crippen LogP contribution in [0.15, 0.2) is 23.3 Å². The van der Waals surface area contributed by atoms with Gasteiger partial charge in [-0.05, 0) is 25.8 Å². The van der Waals surface area contributed by atoms with E-state index in [1.54, 1.807) is 6.08 Å². The molecule has 0 saturated heterocycles. The third kappa shape index (κ3) is 1.95. The van der Waals surface area contributed by atoms with Gasteiger partial charge in [-0.3, -0.25) is 0 Å². The van der Waals surface area contributed by atoms with E-state index in [1.165, 1.54) is 0 Å². The first-order chi connectivity index (χ1) is 5.61. The van der Waals surface area contributed by atoms with Crippen molar-refractivity contribution in [1.29, 1.82) is 0 Å². The lowest BCUT2D eigenvalue weighted by molar-refractivity contribution is -0.132. The highest BCUT2D eigenvalue weighted by Crippen LogP contribution is 2.15. The van der Waals surface area contributed by atoms with Gasteiger partial charge in [0.1, 0.15) is 0 Å². The number of rotatable bonds is 1. The van der Waals surface area contributed by atoms with E-state index >= 15 is 0 Å². The molecule has 3 N–H and O–H groups in total. The van der Waals surface area contributed by atoms with Crippen LogP contribution in [0.5, 0.6) is 0 Å². The van der Waals surface area contributed by atoms with Crippen molar-refractivity contribution in [2.45, 2.75) is 25.8 Å². The van der Waals surface area contributed by atoms with Crippen molar-refractivity contribution in [3.63, 3.8) is 0 Å². The molecule has 0 amide bonds. The molecule has 1 aliphatic rings. The largest absolute Gasteiger partial charge is 0.478 e. The van der Waals surface area contributed by atoms with Gasteiger partial charge in [0, 0.05) is 6.04 Å². The summed E-state index contributed by atoms with van der Waals surface area (Å²) < 4.78 is 0. The van der Waals surface area contributed by atoms with Crippen molar-refractivity contribution in [2.24, 2.45) is 5.73 Å². The number of carboxylic acid groups (broad SMARTS) is 1. The van der Waals surface area contributed by atoms with E-state index in [4.69, 9.17) is 10.8 Å². The number of carboxylic acids is 1. The summed E-state index contributed by atoms with van der Waals surface area (Å²) in [6, 6.07) is -0.323. The number of aliphatic carboxylic acids is 1. The second-order valence-electron chi connectivity index (χ2n) is 3.04. The molecule has 0 bridgehead atoms. The zero-order chi connectivity index (χ0) is 9.14. The van der Waals surface area contributed by atoms with Crippen LogP contribution in [-0.4, -0.2) is 17.1 Å². The molecule has 0 radical (unpaired) electrons. The zero-order valence-corrected chi connectivity index (χ0v) is 7.08. The van der Waals surface area contributed by atoms with E-state index in [9.17, 15) is 4.79 Å².